The molecule has 1 aromatic rings. The maximum absolute atomic E-state index is 13.7. The summed E-state index contributed by atoms with van der Waals surface area (Å²) in [5.41, 5.74) is -2.03. The van der Waals surface area contributed by atoms with Gasteiger partial charge in [-0.3, -0.25) is 4.79 Å². The highest BCUT2D eigenvalue weighted by Gasteiger charge is 2.35. The number of alkyl halides is 3. The summed E-state index contributed by atoms with van der Waals surface area (Å²) in [5, 5.41) is 2.45. The lowest BCUT2D eigenvalue weighted by Gasteiger charge is -2.14. The van der Waals surface area contributed by atoms with Gasteiger partial charge in [-0.2, -0.15) is 24.9 Å². The van der Waals surface area contributed by atoms with Gasteiger partial charge in [0.25, 0.3) is 5.91 Å². The zero-order valence-electron chi connectivity index (χ0n) is 10.3. The number of carbonyl (C=O) groups is 1. The lowest BCUT2D eigenvalue weighted by molar-refractivity contribution is -0.140. The number of rotatable bonds is 4. The Morgan fingerprint density at radius 3 is 2.58 bits per heavy atom. The molecule has 0 fully saturated rings. The molecule has 1 atom stereocenters. The molecular formula is C12H13F4NOS. The Hall–Kier alpha value is -1.24. The number of thioether (sulfide) groups is 1. The van der Waals surface area contributed by atoms with Crippen LogP contribution in [0.15, 0.2) is 18.2 Å². The molecule has 1 amide bonds. The molecule has 0 heterocycles. The largest absolute Gasteiger partial charge is 0.419 e. The van der Waals surface area contributed by atoms with Crippen LogP contribution in [-0.2, 0) is 6.18 Å². The van der Waals surface area contributed by atoms with Crippen LogP contribution in [-0.4, -0.2) is 24.0 Å². The van der Waals surface area contributed by atoms with E-state index in [-0.39, 0.29) is 6.04 Å². The number of halogens is 4. The van der Waals surface area contributed by atoms with Gasteiger partial charge in [-0.15, -0.1) is 0 Å². The van der Waals surface area contributed by atoms with Crippen molar-refractivity contribution in [1.29, 1.82) is 0 Å². The normalized spacial score (nSPS) is 13.2. The van der Waals surface area contributed by atoms with Gasteiger partial charge in [0.1, 0.15) is 5.82 Å². The fraction of sp³-hybridized carbons (Fsp3) is 0.417. The molecule has 1 unspecified atom stereocenters. The van der Waals surface area contributed by atoms with Crippen LogP contribution < -0.4 is 5.32 Å². The van der Waals surface area contributed by atoms with Crippen LogP contribution in [0.25, 0.3) is 0 Å². The molecule has 1 aromatic carbocycles. The minimum atomic E-state index is -4.81. The van der Waals surface area contributed by atoms with E-state index in [2.05, 4.69) is 5.32 Å². The molecule has 106 valence electrons. The summed E-state index contributed by atoms with van der Waals surface area (Å²) >= 11 is 1.47. The van der Waals surface area contributed by atoms with Crippen LogP contribution in [0.2, 0.25) is 0 Å². The summed E-state index contributed by atoms with van der Waals surface area (Å²) in [6.45, 7) is 1.69. The van der Waals surface area contributed by atoms with Crippen LogP contribution in [0.4, 0.5) is 17.6 Å². The van der Waals surface area contributed by atoms with E-state index in [1.165, 1.54) is 11.8 Å². The van der Waals surface area contributed by atoms with Gasteiger partial charge < -0.3 is 5.32 Å². The summed E-state index contributed by atoms with van der Waals surface area (Å²) in [6, 6.07) is 2.40. The van der Waals surface area contributed by atoms with Crippen molar-refractivity contribution in [3.63, 3.8) is 0 Å². The zero-order valence-corrected chi connectivity index (χ0v) is 11.2. The highest BCUT2D eigenvalue weighted by molar-refractivity contribution is 7.98. The maximum Gasteiger partial charge on any atom is 0.419 e. The van der Waals surface area contributed by atoms with E-state index in [1.807, 2.05) is 6.26 Å². The zero-order chi connectivity index (χ0) is 14.6. The second-order valence-electron chi connectivity index (χ2n) is 3.99. The molecule has 0 saturated carbocycles. The van der Waals surface area contributed by atoms with Gasteiger partial charge in [0, 0.05) is 11.8 Å². The van der Waals surface area contributed by atoms with Gasteiger partial charge in [-0.1, -0.05) is 6.07 Å². The van der Waals surface area contributed by atoms with Crippen LogP contribution in [0.1, 0.15) is 22.8 Å². The highest BCUT2D eigenvalue weighted by atomic mass is 32.2. The maximum atomic E-state index is 13.7. The molecule has 2 nitrogen and oxygen atoms in total. The predicted octanol–water partition coefficient (Wildman–Crippen LogP) is 3.33. The first-order chi connectivity index (χ1) is 8.77. The number of hydrogen-bond donors (Lipinski definition) is 1. The molecule has 7 heteroatoms. The fourth-order valence-electron chi connectivity index (χ4n) is 1.52. The van der Waals surface area contributed by atoms with Crippen molar-refractivity contribution in [2.45, 2.75) is 19.1 Å². The fourth-order valence-corrected chi connectivity index (χ4v) is 2.10. The number of hydrogen-bond acceptors (Lipinski definition) is 2. The quantitative estimate of drug-likeness (QED) is 0.863. The average molecular weight is 295 g/mol. The lowest BCUT2D eigenvalue weighted by Crippen LogP contribution is -2.35. The first kappa shape index (κ1) is 15.8. The standard InChI is InChI=1S/C12H13F4NOS/c1-7(6-19-2)17-11(18)8-4-3-5-9(10(8)13)12(14,15)16/h3-5,7H,6H2,1-2H3,(H,17,18). The Labute approximate surface area is 112 Å². The molecule has 0 aliphatic rings. The van der Waals surface area contributed by atoms with Crippen LogP contribution in [0.3, 0.4) is 0 Å². The van der Waals surface area contributed by atoms with Gasteiger partial charge in [-0.05, 0) is 25.3 Å². The second kappa shape index (κ2) is 6.27. The minimum absolute atomic E-state index is 0.253. The Morgan fingerprint density at radius 1 is 1.42 bits per heavy atom. The van der Waals surface area contributed by atoms with Crippen molar-refractivity contribution >= 4 is 17.7 Å². The first-order valence-corrected chi connectivity index (χ1v) is 6.82. The van der Waals surface area contributed by atoms with Crippen LogP contribution in [0, 0.1) is 5.82 Å². The molecule has 1 rings (SSSR count). The number of nitrogens with one attached hydrogen (secondary N) is 1. The summed E-state index contributed by atoms with van der Waals surface area (Å²) in [7, 11) is 0. The molecule has 0 radical (unpaired) electrons. The highest BCUT2D eigenvalue weighted by Crippen LogP contribution is 2.32. The molecular weight excluding hydrogens is 282 g/mol. The molecule has 0 spiro atoms. The number of benzene rings is 1. The Morgan fingerprint density at radius 2 is 2.05 bits per heavy atom. The van der Waals surface area contributed by atoms with Crippen molar-refractivity contribution in [2.24, 2.45) is 0 Å². The van der Waals surface area contributed by atoms with Gasteiger partial charge in [0.05, 0.1) is 11.1 Å². The number of amides is 1. The van der Waals surface area contributed by atoms with E-state index in [9.17, 15) is 22.4 Å². The molecule has 0 saturated heterocycles. The van der Waals surface area contributed by atoms with Crippen LogP contribution in [0.5, 0.6) is 0 Å². The average Bonchev–Trinajstić information content (AvgIpc) is 2.27. The van der Waals surface area contributed by atoms with Gasteiger partial charge in [0.2, 0.25) is 0 Å². The van der Waals surface area contributed by atoms with Crippen molar-refractivity contribution in [2.75, 3.05) is 12.0 Å². The molecule has 1 N–H and O–H groups in total. The van der Waals surface area contributed by atoms with Gasteiger partial charge >= 0.3 is 6.18 Å². The van der Waals surface area contributed by atoms with Crippen molar-refractivity contribution in [1.82, 2.24) is 5.32 Å². The summed E-state index contributed by atoms with van der Waals surface area (Å²) < 4.78 is 51.2. The van der Waals surface area contributed by atoms with Crippen LogP contribution >= 0.6 is 11.8 Å². The van der Waals surface area contributed by atoms with E-state index >= 15 is 0 Å². The SMILES string of the molecule is CSCC(C)NC(=O)c1cccc(C(F)(F)F)c1F. The van der Waals surface area contributed by atoms with E-state index in [1.54, 1.807) is 6.92 Å². The van der Waals surface area contributed by atoms with Gasteiger partial charge in [-0.25, -0.2) is 4.39 Å². The summed E-state index contributed by atoms with van der Waals surface area (Å²) in [4.78, 5) is 11.7. The summed E-state index contributed by atoms with van der Waals surface area (Å²) in [5.74, 6) is -1.79. The molecule has 0 aliphatic heterocycles. The lowest BCUT2D eigenvalue weighted by atomic mass is 10.1. The van der Waals surface area contributed by atoms with Crippen molar-refractivity contribution in [3.05, 3.63) is 35.1 Å². The molecule has 0 aromatic heterocycles. The third-order valence-electron chi connectivity index (χ3n) is 2.34. The second-order valence-corrected chi connectivity index (χ2v) is 4.91. The van der Waals surface area contributed by atoms with E-state index in [4.69, 9.17) is 0 Å². The monoisotopic (exact) mass is 295 g/mol. The smallest absolute Gasteiger partial charge is 0.349 e. The number of carbonyl (C=O) groups excluding carboxylic acids is 1. The van der Waals surface area contributed by atoms with Crippen molar-refractivity contribution in [3.8, 4) is 0 Å². The minimum Gasteiger partial charge on any atom is -0.349 e. The van der Waals surface area contributed by atoms with E-state index in [0.29, 0.717) is 11.8 Å². The van der Waals surface area contributed by atoms with Crippen molar-refractivity contribution < 1.29 is 22.4 Å². The predicted molar refractivity (Wildman–Crippen MR) is 66.7 cm³/mol. The Kier molecular flexibility index (Phi) is 5.22. The van der Waals surface area contributed by atoms with E-state index < -0.39 is 29.0 Å². The molecule has 0 bridgehead atoms. The third kappa shape index (κ3) is 4.12. The Bertz CT molecular complexity index is 462. The summed E-state index contributed by atoms with van der Waals surface area (Å²) in [6.07, 6.45) is -2.99. The molecule has 19 heavy (non-hydrogen) atoms. The third-order valence-corrected chi connectivity index (χ3v) is 3.18. The van der Waals surface area contributed by atoms with Gasteiger partial charge in [0.15, 0.2) is 0 Å². The van der Waals surface area contributed by atoms with E-state index in [0.717, 1.165) is 12.1 Å². The topological polar surface area (TPSA) is 29.1 Å². The first-order valence-electron chi connectivity index (χ1n) is 5.43. The molecule has 0 aliphatic carbocycles. The Balaban J connectivity index is 2.99.